The van der Waals surface area contributed by atoms with Crippen LogP contribution in [0.25, 0.3) is 0 Å². The van der Waals surface area contributed by atoms with E-state index in [0.29, 0.717) is 6.42 Å². The summed E-state index contributed by atoms with van der Waals surface area (Å²) in [5.74, 6) is 2.66. The van der Waals surface area contributed by atoms with E-state index in [9.17, 15) is 0 Å². The minimum absolute atomic E-state index is 0.476. The Morgan fingerprint density at radius 2 is 2.17 bits per heavy atom. The largest absolute Gasteiger partial charge is 0.365 e. The Balaban J connectivity index is 4.25. The van der Waals surface area contributed by atoms with Gasteiger partial charge in [-0.1, -0.05) is 18.1 Å². The molecule has 1 heteroatoms. The summed E-state index contributed by atoms with van der Waals surface area (Å²) in [6.45, 7) is 7.29. The molecule has 0 rings (SSSR count). The van der Waals surface area contributed by atoms with Crippen LogP contribution in [0, 0.1) is 12.3 Å². The van der Waals surface area contributed by atoms with Gasteiger partial charge in [0.25, 0.3) is 0 Å². The zero-order chi connectivity index (χ0) is 9.45. The van der Waals surface area contributed by atoms with Crippen molar-refractivity contribution in [3.8, 4) is 12.3 Å². The van der Waals surface area contributed by atoms with Crippen molar-refractivity contribution in [1.82, 2.24) is 0 Å². The van der Waals surface area contributed by atoms with Crippen LogP contribution in [-0.4, -0.2) is 12.7 Å². The van der Waals surface area contributed by atoms with Crippen LogP contribution in [0.4, 0.5) is 0 Å². The van der Waals surface area contributed by atoms with Gasteiger partial charge >= 0.3 is 0 Å². The summed E-state index contributed by atoms with van der Waals surface area (Å²) in [5.41, 5.74) is -0.476. The third kappa shape index (κ3) is 2.94. The Hall–Kier alpha value is -1.00. The van der Waals surface area contributed by atoms with E-state index in [4.69, 9.17) is 11.2 Å². The van der Waals surface area contributed by atoms with Crippen LogP contribution in [0.3, 0.4) is 0 Å². The van der Waals surface area contributed by atoms with Crippen LogP contribution >= 0.6 is 0 Å². The number of ether oxygens (including phenoxy) is 1. The topological polar surface area (TPSA) is 9.23 Å². The van der Waals surface area contributed by atoms with Gasteiger partial charge in [0.1, 0.15) is 5.60 Å². The van der Waals surface area contributed by atoms with E-state index in [2.05, 4.69) is 19.1 Å². The smallest absolute Gasteiger partial charge is 0.131 e. The van der Waals surface area contributed by atoms with Crippen LogP contribution in [0.15, 0.2) is 25.3 Å². The minimum Gasteiger partial charge on any atom is -0.365 e. The lowest BCUT2D eigenvalue weighted by Gasteiger charge is -2.24. The average molecular weight is 164 g/mol. The van der Waals surface area contributed by atoms with Crippen LogP contribution in [0.2, 0.25) is 0 Å². The Morgan fingerprint density at radius 3 is 2.50 bits per heavy atom. The lowest BCUT2D eigenvalue weighted by Crippen LogP contribution is -2.28. The highest BCUT2D eigenvalue weighted by molar-refractivity contribution is 5.11. The summed E-state index contributed by atoms with van der Waals surface area (Å²) in [6, 6.07) is 0. The van der Waals surface area contributed by atoms with E-state index >= 15 is 0 Å². The van der Waals surface area contributed by atoms with Gasteiger partial charge in [0.2, 0.25) is 0 Å². The molecule has 0 amide bonds. The molecule has 0 radical (unpaired) electrons. The Labute approximate surface area is 75.1 Å². The molecule has 0 fully saturated rings. The first kappa shape index (κ1) is 11.0. The second kappa shape index (κ2) is 5.62. The number of hydrogen-bond acceptors (Lipinski definition) is 1. The van der Waals surface area contributed by atoms with E-state index < -0.39 is 5.60 Å². The zero-order valence-electron chi connectivity index (χ0n) is 7.68. The van der Waals surface area contributed by atoms with Crippen LogP contribution in [0.5, 0.6) is 0 Å². The molecule has 0 N–H and O–H groups in total. The monoisotopic (exact) mass is 164 g/mol. The Morgan fingerprint density at radius 1 is 1.50 bits per heavy atom. The highest BCUT2D eigenvalue weighted by Crippen LogP contribution is 2.21. The van der Waals surface area contributed by atoms with Gasteiger partial charge in [0.15, 0.2) is 0 Å². The molecule has 1 atom stereocenters. The van der Waals surface area contributed by atoms with Crippen LogP contribution in [-0.2, 0) is 4.74 Å². The van der Waals surface area contributed by atoms with Crippen molar-refractivity contribution in [3.63, 3.8) is 0 Å². The van der Waals surface area contributed by atoms with Crippen molar-refractivity contribution in [1.29, 1.82) is 0 Å². The first-order valence-corrected chi connectivity index (χ1v) is 3.99. The fourth-order valence-corrected chi connectivity index (χ4v) is 1.05. The predicted molar refractivity (Wildman–Crippen MR) is 52.8 cm³/mol. The molecule has 1 nitrogen and oxygen atoms in total. The minimum atomic E-state index is -0.476. The second-order valence-electron chi connectivity index (χ2n) is 2.66. The standard InChI is InChI=1S/C11H16O/c1-5-8-10-11(7-3,12-4)9-6-2/h3,5-6H,1-2,8-10H2,4H3. The number of rotatable bonds is 6. The SMILES string of the molecule is C#CC(CC=C)(CCC=C)OC. The van der Waals surface area contributed by atoms with Crippen LogP contribution in [0.1, 0.15) is 19.3 Å². The highest BCUT2D eigenvalue weighted by Gasteiger charge is 2.23. The molecular weight excluding hydrogens is 148 g/mol. The third-order valence-corrected chi connectivity index (χ3v) is 1.88. The Bertz CT molecular complexity index is 188. The molecule has 66 valence electrons. The van der Waals surface area contributed by atoms with Gasteiger partial charge in [0, 0.05) is 13.5 Å². The van der Waals surface area contributed by atoms with E-state index in [1.807, 2.05) is 6.08 Å². The number of methoxy groups -OCH3 is 1. The summed E-state index contributed by atoms with van der Waals surface area (Å²) in [4.78, 5) is 0. The van der Waals surface area contributed by atoms with E-state index in [1.165, 1.54) is 0 Å². The molecule has 1 unspecified atom stereocenters. The lowest BCUT2D eigenvalue weighted by atomic mass is 9.94. The summed E-state index contributed by atoms with van der Waals surface area (Å²) < 4.78 is 5.27. The first-order chi connectivity index (χ1) is 5.74. The fraction of sp³-hybridized carbons (Fsp3) is 0.455. The van der Waals surface area contributed by atoms with Gasteiger partial charge < -0.3 is 4.74 Å². The normalized spacial score (nSPS) is 14.3. The van der Waals surface area contributed by atoms with Gasteiger partial charge in [-0.3, -0.25) is 0 Å². The molecule has 0 aliphatic heterocycles. The molecule has 0 aromatic heterocycles. The summed E-state index contributed by atoms with van der Waals surface area (Å²) in [6.07, 6.45) is 11.4. The molecule has 0 saturated carbocycles. The predicted octanol–water partition coefficient (Wildman–Crippen LogP) is 2.55. The van der Waals surface area contributed by atoms with E-state index in [-0.39, 0.29) is 0 Å². The number of allylic oxidation sites excluding steroid dienone is 1. The van der Waals surface area contributed by atoms with Crippen molar-refractivity contribution < 1.29 is 4.74 Å². The fourth-order valence-electron chi connectivity index (χ4n) is 1.05. The van der Waals surface area contributed by atoms with E-state index in [1.54, 1.807) is 13.2 Å². The average Bonchev–Trinajstić information content (AvgIpc) is 2.13. The molecule has 0 saturated heterocycles. The summed E-state index contributed by atoms with van der Waals surface area (Å²) >= 11 is 0. The third-order valence-electron chi connectivity index (χ3n) is 1.88. The van der Waals surface area contributed by atoms with Crippen molar-refractivity contribution in [2.45, 2.75) is 24.9 Å². The van der Waals surface area contributed by atoms with Gasteiger partial charge in [-0.05, 0) is 12.8 Å². The maximum Gasteiger partial charge on any atom is 0.131 e. The summed E-state index contributed by atoms with van der Waals surface area (Å²) in [7, 11) is 1.63. The zero-order valence-corrected chi connectivity index (χ0v) is 7.68. The maximum absolute atomic E-state index is 5.39. The molecule has 0 bridgehead atoms. The van der Waals surface area contributed by atoms with Gasteiger partial charge in [-0.2, -0.15) is 0 Å². The number of terminal acetylenes is 1. The molecular formula is C11H16O. The van der Waals surface area contributed by atoms with Gasteiger partial charge in [-0.25, -0.2) is 0 Å². The summed E-state index contributed by atoms with van der Waals surface area (Å²) in [5, 5.41) is 0. The molecule has 0 aliphatic rings. The van der Waals surface area contributed by atoms with E-state index in [0.717, 1.165) is 12.8 Å². The first-order valence-electron chi connectivity index (χ1n) is 3.99. The lowest BCUT2D eigenvalue weighted by molar-refractivity contribution is 0.0372. The second-order valence-corrected chi connectivity index (χ2v) is 2.66. The molecule has 0 spiro atoms. The number of hydrogen-bond donors (Lipinski definition) is 0. The molecule has 0 aromatic rings. The van der Waals surface area contributed by atoms with Gasteiger partial charge in [0.05, 0.1) is 0 Å². The van der Waals surface area contributed by atoms with Crippen molar-refractivity contribution in [2.24, 2.45) is 0 Å². The van der Waals surface area contributed by atoms with Crippen molar-refractivity contribution >= 4 is 0 Å². The molecule has 0 heterocycles. The molecule has 0 aliphatic carbocycles. The maximum atomic E-state index is 5.39. The molecule has 12 heavy (non-hydrogen) atoms. The highest BCUT2D eigenvalue weighted by atomic mass is 16.5. The molecule has 0 aromatic carbocycles. The van der Waals surface area contributed by atoms with Gasteiger partial charge in [-0.15, -0.1) is 19.6 Å². The Kier molecular flexibility index (Phi) is 5.16. The quantitative estimate of drug-likeness (QED) is 0.433. The van der Waals surface area contributed by atoms with Crippen molar-refractivity contribution in [2.75, 3.05) is 7.11 Å². The van der Waals surface area contributed by atoms with Crippen LogP contribution < -0.4 is 0 Å². The van der Waals surface area contributed by atoms with Crippen molar-refractivity contribution in [3.05, 3.63) is 25.3 Å².